The summed E-state index contributed by atoms with van der Waals surface area (Å²) >= 11 is 3.29. The smallest absolute Gasteiger partial charge is 0.165 e. The maximum atomic E-state index is 13.5. The molecule has 106 valence electrons. The third-order valence-electron chi connectivity index (χ3n) is 2.66. The van der Waals surface area contributed by atoms with Crippen LogP contribution in [0, 0.1) is 5.82 Å². The van der Waals surface area contributed by atoms with E-state index >= 15 is 0 Å². The fourth-order valence-corrected chi connectivity index (χ4v) is 2.02. The van der Waals surface area contributed by atoms with Crippen LogP contribution in [0.3, 0.4) is 0 Å². The van der Waals surface area contributed by atoms with Crippen LogP contribution in [0.5, 0.6) is 5.75 Å². The van der Waals surface area contributed by atoms with Gasteiger partial charge in [-0.15, -0.1) is 0 Å². The fraction of sp³-hybridized carbons (Fsp3) is 0.267. The van der Waals surface area contributed by atoms with E-state index in [4.69, 9.17) is 4.74 Å². The lowest BCUT2D eigenvalue weighted by Gasteiger charge is -2.09. The first kappa shape index (κ1) is 14.8. The Balaban J connectivity index is 2.01. The van der Waals surface area contributed by atoms with E-state index in [1.165, 1.54) is 6.07 Å². The third kappa shape index (κ3) is 4.20. The number of hydrogen-bond acceptors (Lipinski definition) is 3. The van der Waals surface area contributed by atoms with Crippen LogP contribution in [0.25, 0.3) is 0 Å². The van der Waals surface area contributed by atoms with Crippen molar-refractivity contribution in [2.75, 3.05) is 11.9 Å². The number of anilines is 1. The lowest BCUT2D eigenvalue weighted by molar-refractivity contribution is 0.286. The van der Waals surface area contributed by atoms with Gasteiger partial charge < -0.3 is 10.1 Å². The highest BCUT2D eigenvalue weighted by atomic mass is 79.9. The number of aromatic nitrogens is 1. The number of nitrogens with one attached hydrogen (secondary N) is 1. The van der Waals surface area contributed by atoms with E-state index in [1.807, 2.05) is 12.1 Å². The van der Waals surface area contributed by atoms with Crippen LogP contribution in [-0.4, -0.2) is 11.5 Å². The highest BCUT2D eigenvalue weighted by Gasteiger charge is 2.05. The van der Waals surface area contributed by atoms with Crippen molar-refractivity contribution in [3.63, 3.8) is 0 Å². The molecule has 0 fully saturated rings. The molecule has 0 aliphatic heterocycles. The minimum atomic E-state index is -0.381. The minimum absolute atomic E-state index is 0.216. The highest BCUT2D eigenvalue weighted by molar-refractivity contribution is 9.10. The van der Waals surface area contributed by atoms with Gasteiger partial charge in [-0.1, -0.05) is 22.9 Å². The summed E-state index contributed by atoms with van der Waals surface area (Å²) in [6, 6.07) is 8.42. The number of benzene rings is 1. The van der Waals surface area contributed by atoms with Gasteiger partial charge in [0.15, 0.2) is 11.6 Å². The first-order valence-electron chi connectivity index (χ1n) is 6.45. The van der Waals surface area contributed by atoms with Crippen LogP contribution in [0.1, 0.15) is 19.0 Å². The van der Waals surface area contributed by atoms with Crippen LogP contribution in [0.15, 0.2) is 41.0 Å². The Hall–Kier alpha value is -1.62. The van der Waals surface area contributed by atoms with Gasteiger partial charge in [-0.25, -0.2) is 4.39 Å². The second-order valence-electron chi connectivity index (χ2n) is 4.33. The van der Waals surface area contributed by atoms with Gasteiger partial charge in [0, 0.05) is 22.9 Å². The molecule has 0 aliphatic carbocycles. The molecule has 1 N–H and O–H groups in total. The number of ether oxygens (including phenoxy) is 1. The molecule has 0 radical (unpaired) electrons. The molecule has 2 aromatic rings. The molecule has 0 unspecified atom stereocenters. The predicted molar refractivity (Wildman–Crippen MR) is 81.4 cm³/mol. The van der Waals surface area contributed by atoms with Gasteiger partial charge in [-0.2, -0.15) is 0 Å². The van der Waals surface area contributed by atoms with Crippen molar-refractivity contribution in [3.05, 3.63) is 52.5 Å². The first-order valence-corrected chi connectivity index (χ1v) is 7.25. The molecule has 3 nitrogen and oxygen atoms in total. The lowest BCUT2D eigenvalue weighted by atomic mass is 10.3. The van der Waals surface area contributed by atoms with Crippen LogP contribution >= 0.6 is 15.9 Å². The van der Waals surface area contributed by atoms with Gasteiger partial charge in [0.2, 0.25) is 0 Å². The van der Waals surface area contributed by atoms with Crippen molar-refractivity contribution in [2.24, 2.45) is 0 Å². The molecule has 0 aliphatic rings. The first-order chi connectivity index (χ1) is 9.69. The molecule has 2 rings (SSSR count). The molecular weight excluding hydrogens is 323 g/mol. The third-order valence-corrected chi connectivity index (χ3v) is 3.16. The molecular formula is C15H16BrFN2O. The minimum Gasteiger partial charge on any atom is -0.484 e. The normalized spacial score (nSPS) is 10.3. The summed E-state index contributed by atoms with van der Waals surface area (Å²) in [5, 5.41) is 3.28. The fourth-order valence-electron chi connectivity index (χ4n) is 1.68. The lowest BCUT2D eigenvalue weighted by Crippen LogP contribution is -2.03. The zero-order valence-corrected chi connectivity index (χ0v) is 12.8. The number of nitrogens with zero attached hydrogens (tertiary/aromatic N) is 1. The van der Waals surface area contributed by atoms with Crippen molar-refractivity contribution in [2.45, 2.75) is 20.0 Å². The average Bonchev–Trinajstić information content (AvgIpc) is 2.46. The SMILES string of the molecule is CCCNc1ccnc(COc2cc(Br)ccc2F)c1. The van der Waals surface area contributed by atoms with Crippen LogP contribution in [0.2, 0.25) is 0 Å². The van der Waals surface area contributed by atoms with Crippen LogP contribution in [0.4, 0.5) is 10.1 Å². The summed E-state index contributed by atoms with van der Waals surface area (Å²) in [4.78, 5) is 4.22. The molecule has 20 heavy (non-hydrogen) atoms. The average molecular weight is 339 g/mol. The summed E-state index contributed by atoms with van der Waals surface area (Å²) in [5.41, 5.74) is 1.75. The highest BCUT2D eigenvalue weighted by Crippen LogP contribution is 2.23. The molecule has 0 amide bonds. The predicted octanol–water partition coefficient (Wildman–Crippen LogP) is 4.38. The van der Waals surface area contributed by atoms with Crippen LogP contribution in [-0.2, 0) is 6.61 Å². The van der Waals surface area contributed by atoms with E-state index in [9.17, 15) is 4.39 Å². The van der Waals surface area contributed by atoms with Crippen molar-refractivity contribution in [3.8, 4) is 5.75 Å². The van der Waals surface area contributed by atoms with Gasteiger partial charge in [0.05, 0.1) is 5.69 Å². The Bertz CT molecular complexity index is 578. The molecule has 5 heteroatoms. The number of pyridine rings is 1. The van der Waals surface area contributed by atoms with E-state index < -0.39 is 0 Å². The molecule has 0 bridgehead atoms. The molecule has 1 aromatic heterocycles. The number of hydrogen-bond donors (Lipinski definition) is 1. The standard InChI is InChI=1S/C15H16BrFN2O/c1-2-6-18-12-5-7-19-13(9-12)10-20-15-8-11(16)3-4-14(15)17/h3-5,7-9H,2,6,10H2,1H3,(H,18,19). The van der Waals surface area contributed by atoms with E-state index in [0.717, 1.165) is 28.8 Å². The van der Waals surface area contributed by atoms with Gasteiger partial charge >= 0.3 is 0 Å². The van der Waals surface area contributed by atoms with Gasteiger partial charge in [0.25, 0.3) is 0 Å². The van der Waals surface area contributed by atoms with Gasteiger partial charge in [0.1, 0.15) is 6.61 Å². The summed E-state index contributed by atoms with van der Waals surface area (Å²) in [7, 11) is 0. The number of halogens is 2. The Kier molecular flexibility index (Phi) is 5.35. The molecule has 0 saturated carbocycles. The van der Waals surface area contributed by atoms with Crippen molar-refractivity contribution in [1.29, 1.82) is 0 Å². The summed E-state index contributed by atoms with van der Waals surface area (Å²) < 4.78 is 19.8. The zero-order chi connectivity index (χ0) is 14.4. The Labute approximate surface area is 126 Å². The molecule has 0 saturated heterocycles. The Morgan fingerprint density at radius 3 is 2.95 bits per heavy atom. The molecule has 1 aromatic carbocycles. The topological polar surface area (TPSA) is 34.2 Å². The Morgan fingerprint density at radius 1 is 1.30 bits per heavy atom. The second kappa shape index (κ2) is 7.24. The van der Waals surface area contributed by atoms with Crippen molar-refractivity contribution in [1.82, 2.24) is 4.98 Å². The quantitative estimate of drug-likeness (QED) is 0.848. The van der Waals surface area contributed by atoms with E-state index in [-0.39, 0.29) is 18.2 Å². The van der Waals surface area contributed by atoms with Gasteiger partial charge in [-0.05, 0) is 36.8 Å². The molecule has 0 atom stereocenters. The van der Waals surface area contributed by atoms with Gasteiger partial charge in [-0.3, -0.25) is 4.98 Å². The number of rotatable bonds is 6. The largest absolute Gasteiger partial charge is 0.484 e. The van der Waals surface area contributed by atoms with Crippen LogP contribution < -0.4 is 10.1 Å². The van der Waals surface area contributed by atoms with E-state index in [2.05, 4.69) is 33.2 Å². The Morgan fingerprint density at radius 2 is 2.15 bits per heavy atom. The molecule has 1 heterocycles. The van der Waals surface area contributed by atoms with E-state index in [1.54, 1.807) is 18.3 Å². The van der Waals surface area contributed by atoms with Crippen molar-refractivity contribution < 1.29 is 9.13 Å². The van der Waals surface area contributed by atoms with E-state index in [0.29, 0.717) is 0 Å². The summed E-state index contributed by atoms with van der Waals surface area (Å²) in [6.07, 6.45) is 2.77. The maximum absolute atomic E-state index is 13.5. The second-order valence-corrected chi connectivity index (χ2v) is 5.24. The van der Waals surface area contributed by atoms with Crippen molar-refractivity contribution >= 4 is 21.6 Å². The zero-order valence-electron chi connectivity index (χ0n) is 11.2. The maximum Gasteiger partial charge on any atom is 0.165 e. The monoisotopic (exact) mass is 338 g/mol. The summed E-state index contributed by atoms with van der Waals surface area (Å²) in [5.74, 6) is -0.165. The molecule has 0 spiro atoms. The summed E-state index contributed by atoms with van der Waals surface area (Å²) in [6.45, 7) is 3.24.